The van der Waals surface area contributed by atoms with Crippen LogP contribution >= 0.6 is 11.6 Å². The number of hydrogen-bond acceptors (Lipinski definition) is 8. The van der Waals surface area contributed by atoms with Crippen molar-refractivity contribution < 1.29 is 14.3 Å². The largest absolute Gasteiger partial charge is 0.493 e. The Labute approximate surface area is 238 Å². The van der Waals surface area contributed by atoms with E-state index in [4.69, 9.17) is 31.0 Å². The third-order valence-corrected chi connectivity index (χ3v) is 8.45. The molecular formula is C29H45ClN6O3. The molecule has 1 aromatic heterocycles. The Morgan fingerprint density at radius 1 is 1.15 bits per heavy atom. The zero-order valence-electron chi connectivity index (χ0n) is 24.2. The van der Waals surface area contributed by atoms with Crippen LogP contribution in [0.2, 0.25) is 0 Å². The molecule has 1 saturated carbocycles. The van der Waals surface area contributed by atoms with Crippen LogP contribution in [0.3, 0.4) is 0 Å². The highest BCUT2D eigenvalue weighted by Gasteiger charge is 2.33. The van der Waals surface area contributed by atoms with Crippen molar-refractivity contribution in [3.8, 4) is 11.5 Å². The summed E-state index contributed by atoms with van der Waals surface area (Å²) in [5.74, 6) is 2.55. The number of alkyl halides is 1. The SMILES string of the molecule is COc1cc2nc(N(C)CCCNC(=O)CCl)nc(NC3CCN(C4CCCC(C)(C)C4)CC3)c2cc1OC. The van der Waals surface area contributed by atoms with Crippen molar-refractivity contribution in [2.24, 2.45) is 5.41 Å². The number of aromatic nitrogens is 2. The molecule has 2 aliphatic rings. The number of ether oxygens (including phenoxy) is 2. The van der Waals surface area contributed by atoms with Crippen LogP contribution in [0.1, 0.15) is 58.8 Å². The Morgan fingerprint density at radius 3 is 2.54 bits per heavy atom. The van der Waals surface area contributed by atoms with Gasteiger partial charge in [0.25, 0.3) is 0 Å². The number of benzene rings is 1. The van der Waals surface area contributed by atoms with Gasteiger partial charge < -0.3 is 29.9 Å². The van der Waals surface area contributed by atoms with E-state index in [2.05, 4.69) is 29.4 Å². The van der Waals surface area contributed by atoms with Crippen molar-refractivity contribution in [3.63, 3.8) is 0 Å². The van der Waals surface area contributed by atoms with Crippen LogP contribution in [-0.2, 0) is 4.79 Å². The van der Waals surface area contributed by atoms with Gasteiger partial charge in [-0.05, 0) is 50.0 Å². The van der Waals surface area contributed by atoms with E-state index in [9.17, 15) is 4.79 Å². The van der Waals surface area contributed by atoms with E-state index in [1.807, 2.05) is 24.1 Å². The van der Waals surface area contributed by atoms with Crippen molar-refractivity contribution >= 4 is 40.2 Å². The van der Waals surface area contributed by atoms with E-state index < -0.39 is 0 Å². The monoisotopic (exact) mass is 560 g/mol. The second-order valence-corrected chi connectivity index (χ2v) is 12.0. The number of nitrogens with zero attached hydrogens (tertiary/aromatic N) is 4. The molecule has 1 unspecified atom stereocenters. The Hall–Kier alpha value is -2.52. The number of hydrogen-bond donors (Lipinski definition) is 2. The smallest absolute Gasteiger partial charge is 0.234 e. The number of anilines is 2. The van der Waals surface area contributed by atoms with Crippen LogP contribution in [-0.4, -0.2) is 86.2 Å². The maximum absolute atomic E-state index is 11.4. The van der Waals surface area contributed by atoms with Gasteiger partial charge in [0, 0.05) is 56.8 Å². The van der Waals surface area contributed by atoms with Crippen molar-refractivity contribution in [1.29, 1.82) is 0 Å². The number of fused-ring (bicyclic) bond motifs is 1. The lowest BCUT2D eigenvalue weighted by atomic mass is 9.74. The first-order chi connectivity index (χ1) is 18.7. The Morgan fingerprint density at radius 2 is 1.87 bits per heavy atom. The van der Waals surface area contributed by atoms with Gasteiger partial charge in [-0.2, -0.15) is 4.98 Å². The van der Waals surface area contributed by atoms with E-state index in [1.165, 1.54) is 25.7 Å². The fourth-order valence-electron chi connectivity index (χ4n) is 5.99. The summed E-state index contributed by atoms with van der Waals surface area (Å²) in [7, 11) is 5.25. The summed E-state index contributed by atoms with van der Waals surface area (Å²) in [5, 5.41) is 7.49. The van der Waals surface area contributed by atoms with Gasteiger partial charge in [-0.15, -0.1) is 11.6 Å². The van der Waals surface area contributed by atoms with Crippen LogP contribution in [0.25, 0.3) is 10.9 Å². The molecule has 1 aliphatic heterocycles. The quantitative estimate of drug-likeness (QED) is 0.302. The maximum atomic E-state index is 11.4. The molecule has 2 heterocycles. The zero-order valence-corrected chi connectivity index (χ0v) is 24.9. The summed E-state index contributed by atoms with van der Waals surface area (Å²) in [6, 6.07) is 4.92. The molecule has 0 bridgehead atoms. The summed E-state index contributed by atoms with van der Waals surface area (Å²) in [6.45, 7) is 8.30. The predicted octanol–water partition coefficient (Wildman–Crippen LogP) is 4.67. The number of nitrogens with one attached hydrogen (secondary N) is 2. The minimum Gasteiger partial charge on any atom is -0.493 e. The number of carbonyl (C=O) groups excluding carboxylic acids is 1. The van der Waals surface area contributed by atoms with Crippen LogP contribution in [0.15, 0.2) is 12.1 Å². The summed E-state index contributed by atoms with van der Waals surface area (Å²) in [4.78, 5) is 26.0. The van der Waals surface area contributed by atoms with E-state index in [0.717, 1.165) is 49.1 Å². The molecule has 1 atom stereocenters. The van der Waals surface area contributed by atoms with E-state index in [-0.39, 0.29) is 11.8 Å². The minimum absolute atomic E-state index is 0.0263. The minimum atomic E-state index is -0.160. The fourth-order valence-corrected chi connectivity index (χ4v) is 6.08. The zero-order chi connectivity index (χ0) is 28.0. The maximum Gasteiger partial charge on any atom is 0.234 e. The third-order valence-electron chi connectivity index (χ3n) is 8.21. The van der Waals surface area contributed by atoms with Gasteiger partial charge in [0.15, 0.2) is 11.5 Å². The van der Waals surface area contributed by atoms with Crippen LogP contribution in [0.5, 0.6) is 11.5 Å². The first-order valence-corrected chi connectivity index (χ1v) is 14.7. The molecule has 9 nitrogen and oxygen atoms in total. The summed E-state index contributed by atoms with van der Waals surface area (Å²) < 4.78 is 11.1. The molecule has 0 spiro atoms. The molecule has 4 rings (SSSR count). The topological polar surface area (TPSA) is 91.8 Å². The van der Waals surface area contributed by atoms with E-state index in [0.29, 0.717) is 48.0 Å². The van der Waals surface area contributed by atoms with E-state index in [1.54, 1.807) is 14.2 Å². The Balaban J connectivity index is 1.50. The molecule has 2 aromatic rings. The van der Waals surface area contributed by atoms with Gasteiger partial charge >= 0.3 is 0 Å². The van der Waals surface area contributed by atoms with Crippen molar-refractivity contribution in [3.05, 3.63) is 12.1 Å². The number of piperidine rings is 1. The summed E-state index contributed by atoms with van der Waals surface area (Å²) in [6.07, 6.45) is 8.23. The first kappa shape index (κ1) is 29.5. The van der Waals surface area contributed by atoms with Crippen LogP contribution in [0, 0.1) is 5.41 Å². The second kappa shape index (κ2) is 13.2. The van der Waals surface area contributed by atoms with Gasteiger partial charge in [0.05, 0.1) is 19.7 Å². The third kappa shape index (κ3) is 7.57. The molecule has 0 radical (unpaired) electrons. The van der Waals surface area contributed by atoms with Crippen molar-refractivity contribution in [2.75, 3.05) is 63.5 Å². The number of carbonyl (C=O) groups is 1. The fraction of sp³-hybridized carbons (Fsp3) is 0.690. The molecule has 10 heteroatoms. The van der Waals surface area contributed by atoms with Gasteiger partial charge in [-0.25, -0.2) is 4.98 Å². The molecule has 216 valence electrons. The van der Waals surface area contributed by atoms with Crippen molar-refractivity contribution in [1.82, 2.24) is 20.2 Å². The number of likely N-dealkylation sites (tertiary alicyclic amines) is 1. The molecule has 1 aliphatic carbocycles. The number of halogens is 1. The average Bonchev–Trinajstić information content (AvgIpc) is 2.94. The molecule has 1 amide bonds. The van der Waals surface area contributed by atoms with Gasteiger partial charge in [-0.1, -0.05) is 20.3 Å². The van der Waals surface area contributed by atoms with Crippen LogP contribution in [0.4, 0.5) is 11.8 Å². The summed E-state index contributed by atoms with van der Waals surface area (Å²) >= 11 is 5.58. The standard InChI is InChI=1S/C29H45ClN6O3/c1-29(2)11-6-8-21(18-29)36-14-9-20(10-15-36)32-27-22-16-24(38-4)25(39-5)17-23(22)33-28(34-27)35(3)13-7-12-31-26(37)19-30/h16-17,20-21H,6-15,18-19H2,1-5H3,(H,31,37)(H,32,33,34). The van der Waals surface area contributed by atoms with Gasteiger partial charge in [0.2, 0.25) is 11.9 Å². The molecule has 2 fully saturated rings. The van der Waals surface area contributed by atoms with E-state index >= 15 is 0 Å². The highest BCUT2D eigenvalue weighted by atomic mass is 35.5. The normalized spacial score (nSPS) is 20.0. The Bertz CT molecular complexity index is 1120. The molecule has 2 N–H and O–H groups in total. The molecular weight excluding hydrogens is 516 g/mol. The van der Waals surface area contributed by atoms with Crippen molar-refractivity contribution in [2.45, 2.75) is 70.9 Å². The first-order valence-electron chi connectivity index (χ1n) is 14.2. The Kier molecular flexibility index (Phi) is 9.99. The lowest BCUT2D eigenvalue weighted by Crippen LogP contribution is -2.47. The number of amides is 1. The second-order valence-electron chi connectivity index (χ2n) is 11.7. The van der Waals surface area contributed by atoms with Crippen LogP contribution < -0.4 is 25.0 Å². The lowest BCUT2D eigenvalue weighted by molar-refractivity contribution is -0.118. The lowest BCUT2D eigenvalue weighted by Gasteiger charge is -2.44. The van der Waals surface area contributed by atoms with Gasteiger partial charge in [0.1, 0.15) is 11.7 Å². The molecule has 1 saturated heterocycles. The molecule has 39 heavy (non-hydrogen) atoms. The predicted molar refractivity (Wildman–Crippen MR) is 159 cm³/mol. The highest BCUT2D eigenvalue weighted by molar-refractivity contribution is 6.27. The average molecular weight is 561 g/mol. The number of methoxy groups -OCH3 is 2. The van der Waals surface area contributed by atoms with Gasteiger partial charge in [-0.3, -0.25) is 4.79 Å². The highest BCUT2D eigenvalue weighted by Crippen LogP contribution is 2.39. The molecule has 1 aromatic carbocycles. The summed E-state index contributed by atoms with van der Waals surface area (Å²) in [5.41, 5.74) is 1.25. The number of rotatable bonds is 11.